The fourth-order valence-electron chi connectivity index (χ4n) is 2.28. The smallest absolute Gasteiger partial charge is 0.134 e. The van der Waals surface area contributed by atoms with Crippen molar-refractivity contribution < 1.29 is 4.74 Å². The molecule has 0 aromatic carbocycles. The molecule has 0 saturated carbocycles. The molecular formula is C14H24N4O. The molecule has 0 amide bonds. The highest BCUT2D eigenvalue weighted by atomic mass is 16.5. The fourth-order valence-corrected chi connectivity index (χ4v) is 2.28. The van der Waals surface area contributed by atoms with E-state index >= 15 is 0 Å². The largest absolute Gasteiger partial charge is 0.383 e. The summed E-state index contributed by atoms with van der Waals surface area (Å²) in [6.45, 7) is 6.77. The molecule has 0 aliphatic carbocycles. The summed E-state index contributed by atoms with van der Waals surface area (Å²) in [7, 11) is 0. The van der Waals surface area contributed by atoms with Crippen LogP contribution in [-0.4, -0.2) is 29.7 Å². The van der Waals surface area contributed by atoms with Gasteiger partial charge in [0.05, 0.1) is 0 Å². The van der Waals surface area contributed by atoms with Gasteiger partial charge in [-0.05, 0) is 32.1 Å². The van der Waals surface area contributed by atoms with Crippen LogP contribution in [0.15, 0.2) is 0 Å². The number of ether oxygens (including phenoxy) is 1. The molecule has 19 heavy (non-hydrogen) atoms. The number of hydrogen-bond acceptors (Lipinski definition) is 5. The summed E-state index contributed by atoms with van der Waals surface area (Å²) in [5, 5.41) is 3.44. The average molecular weight is 264 g/mol. The maximum absolute atomic E-state index is 5.95. The lowest BCUT2D eigenvalue weighted by Gasteiger charge is -2.23. The lowest BCUT2D eigenvalue weighted by Crippen LogP contribution is -2.23. The van der Waals surface area contributed by atoms with Crippen LogP contribution in [0.2, 0.25) is 0 Å². The number of rotatable bonds is 5. The lowest BCUT2D eigenvalue weighted by molar-refractivity contribution is 0.0699. The number of nitrogens with two attached hydrogens (primary N) is 1. The first-order valence-corrected chi connectivity index (χ1v) is 7.15. The van der Waals surface area contributed by atoms with Crippen LogP contribution in [0.3, 0.4) is 0 Å². The molecule has 1 fully saturated rings. The van der Waals surface area contributed by atoms with Gasteiger partial charge in [-0.3, -0.25) is 0 Å². The van der Waals surface area contributed by atoms with Gasteiger partial charge >= 0.3 is 0 Å². The summed E-state index contributed by atoms with van der Waals surface area (Å²) in [5.41, 5.74) is 6.90. The summed E-state index contributed by atoms with van der Waals surface area (Å²) >= 11 is 0. The quantitative estimate of drug-likeness (QED) is 0.852. The lowest BCUT2D eigenvalue weighted by atomic mass is 10.0. The van der Waals surface area contributed by atoms with Gasteiger partial charge in [0.2, 0.25) is 0 Å². The highest BCUT2D eigenvalue weighted by Gasteiger charge is 2.15. The number of hydrogen-bond donors (Lipinski definition) is 2. The Labute approximate surface area is 115 Å². The Balaban J connectivity index is 2.01. The van der Waals surface area contributed by atoms with Crippen molar-refractivity contribution in [1.29, 1.82) is 0 Å². The molecule has 106 valence electrons. The number of aryl methyl sites for hydroxylation is 1. The number of anilines is 2. The Morgan fingerprint density at radius 3 is 2.74 bits per heavy atom. The van der Waals surface area contributed by atoms with Crippen molar-refractivity contribution in [1.82, 2.24) is 9.97 Å². The zero-order valence-corrected chi connectivity index (χ0v) is 11.9. The van der Waals surface area contributed by atoms with Crippen LogP contribution in [-0.2, 0) is 11.2 Å². The number of aromatic nitrogens is 2. The minimum absolute atomic E-state index is 0.591. The van der Waals surface area contributed by atoms with E-state index in [9.17, 15) is 0 Å². The summed E-state index contributed by atoms with van der Waals surface area (Å²) in [4.78, 5) is 8.90. The molecule has 1 saturated heterocycles. The van der Waals surface area contributed by atoms with Gasteiger partial charge in [-0.15, -0.1) is 0 Å². The van der Waals surface area contributed by atoms with E-state index in [0.29, 0.717) is 11.7 Å². The normalized spacial score (nSPS) is 16.5. The summed E-state index contributed by atoms with van der Waals surface area (Å²) in [5.74, 6) is 2.98. The monoisotopic (exact) mass is 264 g/mol. The topological polar surface area (TPSA) is 73.1 Å². The second-order valence-corrected chi connectivity index (χ2v) is 5.19. The molecule has 1 aliphatic heterocycles. The van der Waals surface area contributed by atoms with E-state index in [1.54, 1.807) is 0 Å². The van der Waals surface area contributed by atoms with E-state index in [1.165, 1.54) is 0 Å². The fraction of sp³-hybridized carbons (Fsp3) is 0.714. The molecule has 0 unspecified atom stereocenters. The van der Waals surface area contributed by atoms with Crippen LogP contribution in [0.25, 0.3) is 0 Å². The second kappa shape index (κ2) is 6.70. The van der Waals surface area contributed by atoms with Crippen molar-refractivity contribution in [3.05, 3.63) is 11.4 Å². The van der Waals surface area contributed by atoms with Crippen LogP contribution < -0.4 is 11.1 Å². The van der Waals surface area contributed by atoms with Gasteiger partial charge in [0, 0.05) is 31.7 Å². The average Bonchev–Trinajstić information content (AvgIpc) is 2.42. The minimum Gasteiger partial charge on any atom is -0.383 e. The van der Waals surface area contributed by atoms with Crippen molar-refractivity contribution in [2.75, 3.05) is 30.8 Å². The molecule has 5 nitrogen and oxygen atoms in total. The van der Waals surface area contributed by atoms with E-state index in [2.05, 4.69) is 22.2 Å². The Morgan fingerprint density at radius 2 is 2.05 bits per heavy atom. The first-order valence-electron chi connectivity index (χ1n) is 7.15. The maximum atomic E-state index is 5.95. The standard InChI is InChI=1S/C14H24N4O/c1-3-4-12-17-13(15)10(2)14(18-12)16-9-11-5-7-19-8-6-11/h11H,3-9H2,1-2H3,(H3,15,16,17,18). The first kappa shape index (κ1) is 14.1. The molecule has 2 heterocycles. The van der Waals surface area contributed by atoms with Gasteiger partial charge in [-0.2, -0.15) is 0 Å². The van der Waals surface area contributed by atoms with Crippen LogP contribution >= 0.6 is 0 Å². The second-order valence-electron chi connectivity index (χ2n) is 5.19. The van der Waals surface area contributed by atoms with Crippen molar-refractivity contribution in [3.63, 3.8) is 0 Å². The number of nitrogen functional groups attached to an aromatic ring is 1. The minimum atomic E-state index is 0.591. The molecule has 0 radical (unpaired) electrons. The van der Waals surface area contributed by atoms with E-state index in [4.69, 9.17) is 10.5 Å². The summed E-state index contributed by atoms with van der Waals surface area (Å²) in [6, 6.07) is 0. The predicted octanol–water partition coefficient (Wildman–Crippen LogP) is 2.16. The van der Waals surface area contributed by atoms with Gasteiger partial charge in [0.1, 0.15) is 17.5 Å². The molecule has 3 N–H and O–H groups in total. The van der Waals surface area contributed by atoms with Gasteiger partial charge in [0.15, 0.2) is 0 Å². The van der Waals surface area contributed by atoms with Crippen molar-refractivity contribution in [3.8, 4) is 0 Å². The Hall–Kier alpha value is -1.36. The Kier molecular flexibility index (Phi) is 4.96. The Bertz CT molecular complexity index is 416. The molecule has 1 aromatic heterocycles. The molecule has 2 rings (SSSR count). The molecule has 1 aliphatic rings. The third-order valence-corrected chi connectivity index (χ3v) is 3.60. The zero-order chi connectivity index (χ0) is 13.7. The first-order chi connectivity index (χ1) is 9.20. The van der Waals surface area contributed by atoms with E-state index in [0.717, 1.165) is 62.6 Å². The summed E-state index contributed by atoms with van der Waals surface area (Å²) < 4.78 is 5.37. The van der Waals surface area contributed by atoms with Crippen LogP contribution in [0, 0.1) is 12.8 Å². The Morgan fingerprint density at radius 1 is 1.32 bits per heavy atom. The molecule has 5 heteroatoms. The van der Waals surface area contributed by atoms with E-state index < -0.39 is 0 Å². The van der Waals surface area contributed by atoms with Crippen molar-refractivity contribution >= 4 is 11.6 Å². The van der Waals surface area contributed by atoms with Crippen LogP contribution in [0.4, 0.5) is 11.6 Å². The van der Waals surface area contributed by atoms with Crippen molar-refractivity contribution in [2.24, 2.45) is 5.92 Å². The number of nitrogens with zero attached hydrogens (tertiary/aromatic N) is 2. The molecule has 0 spiro atoms. The molecular weight excluding hydrogens is 240 g/mol. The maximum Gasteiger partial charge on any atom is 0.134 e. The molecule has 0 atom stereocenters. The van der Waals surface area contributed by atoms with Gasteiger partial charge in [0.25, 0.3) is 0 Å². The zero-order valence-electron chi connectivity index (χ0n) is 11.9. The highest BCUT2D eigenvalue weighted by molar-refractivity contribution is 5.54. The van der Waals surface area contributed by atoms with Crippen LogP contribution in [0.1, 0.15) is 37.6 Å². The van der Waals surface area contributed by atoms with Crippen molar-refractivity contribution in [2.45, 2.75) is 39.5 Å². The number of nitrogens with one attached hydrogen (secondary N) is 1. The summed E-state index contributed by atoms with van der Waals surface area (Å²) in [6.07, 6.45) is 4.14. The van der Waals surface area contributed by atoms with E-state index in [1.807, 2.05) is 6.92 Å². The van der Waals surface area contributed by atoms with Crippen LogP contribution in [0.5, 0.6) is 0 Å². The molecule has 1 aromatic rings. The van der Waals surface area contributed by atoms with Gasteiger partial charge in [-0.1, -0.05) is 6.92 Å². The van der Waals surface area contributed by atoms with Gasteiger partial charge in [-0.25, -0.2) is 9.97 Å². The third-order valence-electron chi connectivity index (χ3n) is 3.60. The third kappa shape index (κ3) is 3.80. The van der Waals surface area contributed by atoms with E-state index in [-0.39, 0.29) is 0 Å². The predicted molar refractivity (Wildman–Crippen MR) is 77.2 cm³/mol. The highest BCUT2D eigenvalue weighted by Crippen LogP contribution is 2.20. The molecule has 0 bridgehead atoms. The SMILES string of the molecule is CCCc1nc(N)c(C)c(NCC2CCOCC2)n1. The van der Waals surface area contributed by atoms with Gasteiger partial charge < -0.3 is 15.8 Å².